The van der Waals surface area contributed by atoms with Crippen LogP contribution in [0, 0.1) is 5.92 Å². The van der Waals surface area contributed by atoms with Crippen LogP contribution in [0.25, 0.3) is 0 Å². The van der Waals surface area contributed by atoms with E-state index in [0.717, 1.165) is 6.42 Å². The van der Waals surface area contributed by atoms with Crippen molar-refractivity contribution in [2.45, 2.75) is 50.3 Å². The summed E-state index contributed by atoms with van der Waals surface area (Å²) >= 11 is 0. The van der Waals surface area contributed by atoms with Crippen LogP contribution in [0.1, 0.15) is 32.1 Å². The SMILES string of the molecule is NCC(F)(F)C(OC(=O)C1CCCCC1)C(F)(F)F. The first kappa shape index (κ1) is 16.1. The van der Waals surface area contributed by atoms with Gasteiger partial charge in [0.2, 0.25) is 0 Å². The summed E-state index contributed by atoms with van der Waals surface area (Å²) in [6.07, 6.45) is -5.82. The highest BCUT2D eigenvalue weighted by Gasteiger charge is 2.58. The second kappa shape index (κ2) is 6.02. The fourth-order valence-electron chi connectivity index (χ4n) is 2.05. The molecule has 1 rings (SSSR count). The fourth-order valence-corrected chi connectivity index (χ4v) is 2.05. The molecule has 1 atom stereocenters. The van der Waals surface area contributed by atoms with E-state index in [1.165, 1.54) is 0 Å². The van der Waals surface area contributed by atoms with Crippen molar-refractivity contribution in [1.29, 1.82) is 0 Å². The molecule has 0 aliphatic heterocycles. The van der Waals surface area contributed by atoms with Gasteiger partial charge in [-0.1, -0.05) is 19.3 Å². The molecule has 0 heterocycles. The topological polar surface area (TPSA) is 52.3 Å². The summed E-state index contributed by atoms with van der Waals surface area (Å²) in [5, 5.41) is 0. The van der Waals surface area contributed by atoms with Gasteiger partial charge in [0.1, 0.15) is 0 Å². The van der Waals surface area contributed by atoms with Crippen molar-refractivity contribution in [1.82, 2.24) is 0 Å². The molecule has 112 valence electrons. The zero-order valence-corrected chi connectivity index (χ0v) is 10.2. The van der Waals surface area contributed by atoms with Gasteiger partial charge in [0.25, 0.3) is 6.10 Å². The summed E-state index contributed by atoms with van der Waals surface area (Å²) in [5.74, 6) is -6.26. The summed E-state index contributed by atoms with van der Waals surface area (Å²) in [4.78, 5) is 11.5. The van der Waals surface area contributed by atoms with Gasteiger partial charge in [0.15, 0.2) is 0 Å². The van der Waals surface area contributed by atoms with E-state index >= 15 is 0 Å². The van der Waals surface area contributed by atoms with Crippen LogP contribution in [0.15, 0.2) is 0 Å². The van der Waals surface area contributed by atoms with Crippen molar-refractivity contribution < 1.29 is 31.5 Å². The minimum absolute atomic E-state index is 0.373. The number of hydrogen-bond donors (Lipinski definition) is 1. The van der Waals surface area contributed by atoms with Crippen LogP contribution < -0.4 is 5.73 Å². The summed E-state index contributed by atoms with van der Waals surface area (Å²) in [6.45, 7) is -1.53. The maximum Gasteiger partial charge on any atom is 0.431 e. The zero-order chi connectivity index (χ0) is 14.7. The Hall–Kier alpha value is -0.920. The number of ether oxygens (including phenoxy) is 1. The second-order valence-electron chi connectivity index (χ2n) is 4.66. The first-order valence-electron chi connectivity index (χ1n) is 6.03. The Morgan fingerprint density at radius 1 is 1.16 bits per heavy atom. The molecule has 0 aromatic rings. The number of carbonyl (C=O) groups excluding carboxylic acids is 1. The number of rotatable bonds is 4. The van der Waals surface area contributed by atoms with Crippen LogP contribution in [0.3, 0.4) is 0 Å². The molecule has 0 aromatic heterocycles. The van der Waals surface area contributed by atoms with Crippen molar-refractivity contribution in [3.8, 4) is 0 Å². The predicted molar refractivity (Wildman–Crippen MR) is 56.5 cm³/mol. The molecule has 0 saturated heterocycles. The van der Waals surface area contributed by atoms with Crippen molar-refractivity contribution >= 4 is 5.97 Å². The Balaban J connectivity index is 2.75. The van der Waals surface area contributed by atoms with E-state index in [4.69, 9.17) is 0 Å². The lowest BCUT2D eigenvalue weighted by molar-refractivity contribution is -0.276. The van der Waals surface area contributed by atoms with E-state index in [9.17, 15) is 26.7 Å². The number of halogens is 5. The predicted octanol–water partition coefficient (Wildman–Crippen LogP) is 2.63. The molecule has 1 saturated carbocycles. The monoisotopic (exact) mass is 289 g/mol. The van der Waals surface area contributed by atoms with Gasteiger partial charge in [-0.25, -0.2) is 8.78 Å². The van der Waals surface area contributed by atoms with Gasteiger partial charge in [0, 0.05) is 0 Å². The standard InChI is InChI=1S/C11H16F5NO2/c12-10(13,6-17)9(11(14,15)16)19-8(18)7-4-2-1-3-5-7/h7,9H,1-6,17H2. The molecule has 0 amide bonds. The number of hydrogen-bond acceptors (Lipinski definition) is 3. The Kier molecular flexibility index (Phi) is 5.11. The van der Waals surface area contributed by atoms with Crippen LogP contribution in [0.4, 0.5) is 22.0 Å². The summed E-state index contributed by atoms with van der Waals surface area (Å²) in [6, 6.07) is 0. The number of nitrogens with two attached hydrogens (primary N) is 1. The van der Waals surface area contributed by atoms with Crippen LogP contribution in [0.5, 0.6) is 0 Å². The number of carbonyl (C=O) groups is 1. The molecule has 0 aromatic carbocycles. The van der Waals surface area contributed by atoms with Crippen molar-refractivity contribution in [3.05, 3.63) is 0 Å². The lowest BCUT2D eigenvalue weighted by atomic mass is 9.89. The molecular formula is C11H16F5NO2. The highest BCUT2D eigenvalue weighted by molar-refractivity contribution is 5.72. The molecule has 3 nitrogen and oxygen atoms in total. The molecular weight excluding hydrogens is 273 g/mol. The van der Waals surface area contributed by atoms with E-state index in [1.807, 2.05) is 0 Å². The third kappa shape index (κ3) is 4.29. The van der Waals surface area contributed by atoms with Crippen LogP contribution in [-0.4, -0.2) is 30.7 Å². The van der Waals surface area contributed by atoms with Crippen LogP contribution >= 0.6 is 0 Å². The highest BCUT2D eigenvalue weighted by Crippen LogP contribution is 2.35. The molecule has 2 N–H and O–H groups in total. The Labute approximate surface area is 107 Å². The minimum atomic E-state index is -5.34. The quantitative estimate of drug-likeness (QED) is 0.639. The van der Waals surface area contributed by atoms with E-state index in [1.54, 1.807) is 0 Å². The van der Waals surface area contributed by atoms with Gasteiger partial charge in [0.05, 0.1) is 12.5 Å². The van der Waals surface area contributed by atoms with Crippen LogP contribution in [0.2, 0.25) is 0 Å². The van der Waals surface area contributed by atoms with E-state index in [0.29, 0.717) is 25.7 Å². The second-order valence-corrected chi connectivity index (χ2v) is 4.66. The largest absolute Gasteiger partial charge is 0.446 e. The molecule has 1 unspecified atom stereocenters. The van der Waals surface area contributed by atoms with Crippen molar-refractivity contribution in [3.63, 3.8) is 0 Å². The third-order valence-electron chi connectivity index (χ3n) is 3.13. The fraction of sp³-hybridized carbons (Fsp3) is 0.909. The Morgan fingerprint density at radius 2 is 1.68 bits per heavy atom. The maximum atomic E-state index is 13.1. The minimum Gasteiger partial charge on any atom is -0.446 e. The average Bonchev–Trinajstić information content (AvgIpc) is 2.35. The van der Waals surface area contributed by atoms with Gasteiger partial charge in [-0.15, -0.1) is 0 Å². The lowest BCUT2D eigenvalue weighted by Crippen LogP contribution is -2.52. The van der Waals surface area contributed by atoms with Gasteiger partial charge in [-0.3, -0.25) is 4.79 Å². The Bertz CT molecular complexity index is 313. The zero-order valence-electron chi connectivity index (χ0n) is 10.2. The molecule has 1 fully saturated rings. The molecule has 0 radical (unpaired) electrons. The van der Waals surface area contributed by atoms with E-state index < -0.39 is 36.6 Å². The first-order chi connectivity index (χ1) is 8.68. The molecule has 19 heavy (non-hydrogen) atoms. The van der Waals surface area contributed by atoms with Crippen molar-refractivity contribution in [2.75, 3.05) is 6.54 Å². The molecule has 0 bridgehead atoms. The average molecular weight is 289 g/mol. The number of alkyl halides is 5. The molecule has 8 heteroatoms. The summed E-state index contributed by atoms with van der Waals surface area (Å²) in [5.41, 5.74) is 4.62. The van der Waals surface area contributed by atoms with E-state index in [-0.39, 0.29) is 0 Å². The van der Waals surface area contributed by atoms with Crippen LogP contribution in [-0.2, 0) is 9.53 Å². The van der Waals surface area contributed by atoms with Gasteiger partial charge < -0.3 is 10.5 Å². The first-order valence-corrected chi connectivity index (χ1v) is 6.03. The number of esters is 1. The summed E-state index contributed by atoms with van der Waals surface area (Å²) in [7, 11) is 0. The highest BCUT2D eigenvalue weighted by atomic mass is 19.4. The van der Waals surface area contributed by atoms with Gasteiger partial charge in [-0.2, -0.15) is 13.2 Å². The van der Waals surface area contributed by atoms with Gasteiger partial charge in [-0.05, 0) is 12.8 Å². The molecule has 1 aliphatic rings. The lowest BCUT2D eigenvalue weighted by Gasteiger charge is -2.29. The van der Waals surface area contributed by atoms with Crippen molar-refractivity contribution in [2.24, 2.45) is 11.7 Å². The molecule has 0 spiro atoms. The molecule has 1 aliphatic carbocycles. The summed E-state index contributed by atoms with van der Waals surface area (Å²) < 4.78 is 67.8. The normalized spacial score (nSPS) is 20.1. The maximum absolute atomic E-state index is 13.1. The van der Waals surface area contributed by atoms with E-state index in [2.05, 4.69) is 10.5 Å². The third-order valence-corrected chi connectivity index (χ3v) is 3.13. The van der Waals surface area contributed by atoms with Gasteiger partial charge >= 0.3 is 18.1 Å². The smallest absolute Gasteiger partial charge is 0.431 e. The Morgan fingerprint density at radius 3 is 2.11 bits per heavy atom.